The van der Waals surface area contributed by atoms with Gasteiger partial charge in [-0.1, -0.05) is 26.1 Å². The quantitative estimate of drug-likeness (QED) is 0.452. The van der Waals surface area contributed by atoms with Gasteiger partial charge < -0.3 is 0 Å². The molecule has 0 atom stereocenters. The fourth-order valence-electron chi connectivity index (χ4n) is 0.202. The summed E-state index contributed by atoms with van der Waals surface area (Å²) in [5.74, 6) is 0. The predicted octanol–water partition coefficient (Wildman–Crippen LogP) is 2.34. The fraction of sp³-hybridized carbons (Fsp3) is 0.750. The van der Waals surface area contributed by atoms with Crippen molar-refractivity contribution in [2.24, 2.45) is 0 Å². The second kappa shape index (κ2) is 3.75. The van der Waals surface area contributed by atoms with E-state index in [4.69, 9.17) is 12.2 Å². The third-order valence-corrected chi connectivity index (χ3v) is 1.61. The molecule has 0 spiro atoms. The molecule has 42 valence electrons. The van der Waals surface area contributed by atoms with E-state index in [9.17, 15) is 0 Å². The first-order valence-corrected chi connectivity index (χ1v) is 3.76. The van der Waals surface area contributed by atoms with Crippen molar-refractivity contribution in [2.45, 2.75) is 19.1 Å². The molecule has 0 aliphatic rings. The first kappa shape index (κ1) is 7.79. The monoisotopic (exact) mass is 152 g/mol. The van der Waals surface area contributed by atoms with Crippen LogP contribution in [0.3, 0.4) is 0 Å². The highest BCUT2D eigenvalue weighted by Crippen LogP contribution is 2.13. The van der Waals surface area contributed by atoms with E-state index >= 15 is 0 Å². The SMILES string of the molecule is CC(C)SC(=S)S. The summed E-state index contributed by atoms with van der Waals surface area (Å²) in [5.41, 5.74) is 0. The normalized spacial score (nSPS) is 9.71. The highest BCUT2D eigenvalue weighted by Gasteiger charge is 1.93. The van der Waals surface area contributed by atoms with Crippen molar-refractivity contribution in [3.63, 3.8) is 0 Å². The summed E-state index contributed by atoms with van der Waals surface area (Å²) in [6.45, 7) is 4.18. The third-order valence-electron chi connectivity index (χ3n) is 0.337. The Morgan fingerprint density at radius 3 is 2.14 bits per heavy atom. The van der Waals surface area contributed by atoms with Gasteiger partial charge in [-0.05, 0) is 0 Å². The molecule has 0 saturated heterocycles. The molecule has 0 aromatic rings. The molecule has 0 nitrogen and oxygen atoms in total. The summed E-state index contributed by atoms with van der Waals surface area (Å²) in [7, 11) is 0. The molecular formula is C4H8S3. The molecule has 0 fully saturated rings. The minimum Gasteiger partial charge on any atom is -0.125 e. The van der Waals surface area contributed by atoms with E-state index in [0.717, 1.165) is 3.53 Å². The van der Waals surface area contributed by atoms with Gasteiger partial charge in [-0.3, -0.25) is 0 Å². The van der Waals surface area contributed by atoms with Crippen LogP contribution in [0.5, 0.6) is 0 Å². The van der Waals surface area contributed by atoms with Gasteiger partial charge in [-0.25, -0.2) is 0 Å². The van der Waals surface area contributed by atoms with Crippen LogP contribution < -0.4 is 0 Å². The van der Waals surface area contributed by atoms with Gasteiger partial charge in [-0.15, -0.1) is 24.4 Å². The van der Waals surface area contributed by atoms with Crippen molar-refractivity contribution < 1.29 is 0 Å². The van der Waals surface area contributed by atoms with E-state index in [1.54, 1.807) is 11.8 Å². The van der Waals surface area contributed by atoms with E-state index in [1.165, 1.54) is 0 Å². The Morgan fingerprint density at radius 1 is 1.71 bits per heavy atom. The molecule has 0 unspecified atom stereocenters. The van der Waals surface area contributed by atoms with Crippen molar-refractivity contribution >= 4 is 40.1 Å². The summed E-state index contributed by atoms with van der Waals surface area (Å²) in [6, 6.07) is 0. The number of thioether (sulfide) groups is 1. The summed E-state index contributed by atoms with van der Waals surface area (Å²) < 4.78 is 0.731. The topological polar surface area (TPSA) is 0 Å². The molecule has 3 heteroatoms. The first-order valence-electron chi connectivity index (χ1n) is 2.02. The standard InChI is InChI=1S/C4H8S3/c1-3(2)7-4(5)6/h3H,1-2H3,(H,5,6). The van der Waals surface area contributed by atoms with Crippen LogP contribution in [0.1, 0.15) is 13.8 Å². The van der Waals surface area contributed by atoms with Gasteiger partial charge in [0.05, 0.1) is 0 Å². The highest BCUT2D eigenvalue weighted by molar-refractivity contribution is 8.41. The Bertz CT molecular complexity index is 67.3. The van der Waals surface area contributed by atoms with E-state index in [2.05, 4.69) is 26.5 Å². The lowest BCUT2D eigenvalue weighted by atomic mass is 10.6. The van der Waals surface area contributed by atoms with Gasteiger partial charge in [0.1, 0.15) is 3.53 Å². The maximum Gasteiger partial charge on any atom is 0.101 e. The maximum atomic E-state index is 4.70. The molecule has 0 rings (SSSR count). The van der Waals surface area contributed by atoms with Crippen molar-refractivity contribution in [2.75, 3.05) is 0 Å². The molecule has 0 N–H and O–H groups in total. The summed E-state index contributed by atoms with van der Waals surface area (Å²) in [5, 5.41) is 0.574. The summed E-state index contributed by atoms with van der Waals surface area (Å²) >= 11 is 10.2. The Hall–Kier alpha value is 0.790. The van der Waals surface area contributed by atoms with Crippen molar-refractivity contribution in [1.82, 2.24) is 0 Å². The Kier molecular flexibility index (Phi) is 4.17. The van der Waals surface area contributed by atoms with Crippen LogP contribution in [-0.4, -0.2) is 8.78 Å². The minimum absolute atomic E-state index is 0.574. The van der Waals surface area contributed by atoms with Crippen molar-refractivity contribution in [1.29, 1.82) is 0 Å². The number of hydrogen-bond acceptors (Lipinski definition) is 2. The van der Waals surface area contributed by atoms with Crippen LogP contribution in [0, 0.1) is 0 Å². The molecule has 7 heavy (non-hydrogen) atoms. The lowest BCUT2D eigenvalue weighted by Gasteiger charge is -1.97. The lowest BCUT2D eigenvalue weighted by Crippen LogP contribution is -1.86. The summed E-state index contributed by atoms with van der Waals surface area (Å²) in [4.78, 5) is 0. The van der Waals surface area contributed by atoms with Crippen LogP contribution in [0.15, 0.2) is 0 Å². The fourth-order valence-corrected chi connectivity index (χ4v) is 1.81. The number of hydrogen-bond donors (Lipinski definition) is 1. The van der Waals surface area contributed by atoms with E-state index in [1.807, 2.05) is 0 Å². The van der Waals surface area contributed by atoms with Crippen LogP contribution in [-0.2, 0) is 0 Å². The number of thiol groups is 1. The largest absolute Gasteiger partial charge is 0.125 e. The molecule has 0 aromatic heterocycles. The molecule has 0 amide bonds. The van der Waals surface area contributed by atoms with Gasteiger partial charge in [0.15, 0.2) is 0 Å². The number of rotatable bonds is 1. The van der Waals surface area contributed by atoms with Crippen molar-refractivity contribution in [3.8, 4) is 0 Å². The van der Waals surface area contributed by atoms with Crippen LogP contribution >= 0.6 is 36.6 Å². The highest BCUT2D eigenvalue weighted by atomic mass is 32.2. The smallest absolute Gasteiger partial charge is 0.101 e. The zero-order valence-corrected chi connectivity index (χ0v) is 6.87. The van der Waals surface area contributed by atoms with Crippen molar-refractivity contribution in [3.05, 3.63) is 0 Å². The van der Waals surface area contributed by atoms with Gasteiger partial charge in [0, 0.05) is 5.25 Å². The molecule has 0 aliphatic carbocycles. The van der Waals surface area contributed by atoms with Gasteiger partial charge in [0.2, 0.25) is 0 Å². The molecule has 0 heterocycles. The average Bonchev–Trinajstić information content (AvgIpc) is 1.27. The Morgan fingerprint density at radius 2 is 2.14 bits per heavy atom. The molecule has 0 radical (unpaired) electrons. The number of thiocarbonyl (C=S) groups is 1. The zero-order chi connectivity index (χ0) is 5.86. The summed E-state index contributed by atoms with van der Waals surface area (Å²) in [6.07, 6.45) is 0. The second-order valence-electron chi connectivity index (χ2n) is 1.43. The molecular weight excluding hydrogens is 144 g/mol. The van der Waals surface area contributed by atoms with Crippen LogP contribution in [0.25, 0.3) is 0 Å². The average molecular weight is 152 g/mol. The maximum absolute atomic E-state index is 4.70. The molecule has 0 aliphatic heterocycles. The zero-order valence-electron chi connectivity index (χ0n) is 4.34. The van der Waals surface area contributed by atoms with Gasteiger partial charge >= 0.3 is 0 Å². The Balaban J connectivity index is 3.13. The Labute approximate surface area is 59.5 Å². The molecule has 0 saturated carbocycles. The van der Waals surface area contributed by atoms with E-state index in [-0.39, 0.29) is 0 Å². The molecule has 0 bridgehead atoms. The lowest BCUT2D eigenvalue weighted by molar-refractivity contribution is 1.12. The van der Waals surface area contributed by atoms with Crippen LogP contribution in [0.2, 0.25) is 0 Å². The predicted molar refractivity (Wildman–Crippen MR) is 44.3 cm³/mol. The van der Waals surface area contributed by atoms with Gasteiger partial charge in [0.25, 0.3) is 0 Å². The van der Waals surface area contributed by atoms with E-state index < -0.39 is 0 Å². The second-order valence-corrected chi connectivity index (χ2v) is 4.74. The molecule has 0 aromatic carbocycles. The minimum atomic E-state index is 0.574. The van der Waals surface area contributed by atoms with E-state index in [0.29, 0.717) is 5.25 Å². The third kappa shape index (κ3) is 6.79. The van der Waals surface area contributed by atoms with Gasteiger partial charge in [-0.2, -0.15) is 0 Å². The van der Waals surface area contributed by atoms with Crippen LogP contribution in [0.4, 0.5) is 0 Å². The first-order chi connectivity index (χ1) is 3.13.